The lowest BCUT2D eigenvalue weighted by atomic mass is 9.80. The quantitative estimate of drug-likeness (QED) is 0.726. The molecule has 100 valence electrons. The molecule has 3 amide bonds. The number of nitrogens with one attached hydrogen (secondary N) is 2. The van der Waals surface area contributed by atoms with Crippen LogP contribution in [0.15, 0.2) is 0 Å². The van der Waals surface area contributed by atoms with Crippen molar-refractivity contribution in [2.24, 2.45) is 11.8 Å². The van der Waals surface area contributed by atoms with Crippen molar-refractivity contribution in [3.63, 3.8) is 0 Å². The fourth-order valence-corrected chi connectivity index (χ4v) is 3.06. The molecule has 3 rings (SSSR count). The molecule has 3 fully saturated rings. The molecule has 2 saturated heterocycles. The van der Waals surface area contributed by atoms with E-state index in [0.717, 1.165) is 38.8 Å². The monoisotopic (exact) mass is 251 g/mol. The van der Waals surface area contributed by atoms with Gasteiger partial charge in [0.25, 0.3) is 5.91 Å². The Bertz CT molecular complexity index is 374. The van der Waals surface area contributed by atoms with Gasteiger partial charge in [0.2, 0.25) is 0 Å². The van der Waals surface area contributed by atoms with Crippen LogP contribution in [-0.4, -0.2) is 42.0 Å². The molecule has 0 spiro atoms. The van der Waals surface area contributed by atoms with Crippen molar-refractivity contribution in [3.05, 3.63) is 0 Å². The highest BCUT2D eigenvalue weighted by Crippen LogP contribution is 2.34. The van der Waals surface area contributed by atoms with E-state index in [1.165, 1.54) is 4.90 Å². The molecule has 3 aliphatic rings. The summed E-state index contributed by atoms with van der Waals surface area (Å²) in [6.45, 7) is 4.33. The summed E-state index contributed by atoms with van der Waals surface area (Å²) in [6, 6.07) is -0.194. The molecular formula is C13H21N3O2. The number of carbonyl (C=O) groups is 2. The molecule has 2 atom stereocenters. The molecule has 1 aliphatic carbocycles. The number of amides is 3. The van der Waals surface area contributed by atoms with Crippen LogP contribution in [-0.2, 0) is 4.79 Å². The van der Waals surface area contributed by atoms with Crippen LogP contribution < -0.4 is 10.6 Å². The summed E-state index contributed by atoms with van der Waals surface area (Å²) in [5, 5.41) is 6.25. The maximum absolute atomic E-state index is 12.5. The van der Waals surface area contributed by atoms with E-state index in [-0.39, 0.29) is 17.9 Å². The molecule has 2 unspecified atom stereocenters. The second-order valence-corrected chi connectivity index (χ2v) is 6.03. The van der Waals surface area contributed by atoms with Gasteiger partial charge in [0.05, 0.1) is 0 Å². The molecule has 0 aromatic heterocycles. The van der Waals surface area contributed by atoms with Crippen molar-refractivity contribution in [2.75, 3.05) is 19.6 Å². The highest BCUT2D eigenvalue weighted by atomic mass is 16.2. The van der Waals surface area contributed by atoms with Gasteiger partial charge in [-0.2, -0.15) is 0 Å². The molecule has 5 nitrogen and oxygen atoms in total. The molecule has 2 aliphatic heterocycles. The SMILES string of the molecule is CC1(C2CCCNC2)NC(=O)N(CC2CC2)C1=O. The maximum Gasteiger partial charge on any atom is 0.325 e. The number of hydrogen-bond donors (Lipinski definition) is 2. The Kier molecular flexibility index (Phi) is 2.81. The fourth-order valence-electron chi connectivity index (χ4n) is 3.06. The number of rotatable bonds is 3. The van der Waals surface area contributed by atoms with Crippen molar-refractivity contribution < 1.29 is 9.59 Å². The van der Waals surface area contributed by atoms with Gasteiger partial charge >= 0.3 is 6.03 Å². The van der Waals surface area contributed by atoms with E-state index in [0.29, 0.717) is 12.5 Å². The summed E-state index contributed by atoms with van der Waals surface area (Å²) in [5.41, 5.74) is -0.695. The lowest BCUT2D eigenvalue weighted by Crippen LogP contribution is -2.55. The third-order valence-electron chi connectivity index (χ3n) is 4.55. The van der Waals surface area contributed by atoms with Gasteiger partial charge in [0.1, 0.15) is 5.54 Å². The Balaban J connectivity index is 1.75. The molecule has 0 aromatic carbocycles. The molecule has 0 bridgehead atoms. The second kappa shape index (κ2) is 4.23. The van der Waals surface area contributed by atoms with Crippen LogP contribution >= 0.6 is 0 Å². The van der Waals surface area contributed by atoms with E-state index < -0.39 is 5.54 Å². The van der Waals surface area contributed by atoms with Crippen LogP contribution in [0.1, 0.15) is 32.6 Å². The smallest absolute Gasteiger partial charge is 0.323 e. The van der Waals surface area contributed by atoms with Crippen LogP contribution in [0.3, 0.4) is 0 Å². The number of nitrogens with zero attached hydrogens (tertiary/aromatic N) is 1. The van der Waals surface area contributed by atoms with E-state index in [9.17, 15) is 9.59 Å². The van der Waals surface area contributed by atoms with Crippen molar-refractivity contribution in [1.82, 2.24) is 15.5 Å². The molecule has 2 N–H and O–H groups in total. The van der Waals surface area contributed by atoms with Crippen molar-refractivity contribution >= 4 is 11.9 Å². The van der Waals surface area contributed by atoms with Gasteiger partial charge in [0, 0.05) is 19.0 Å². The van der Waals surface area contributed by atoms with Gasteiger partial charge < -0.3 is 10.6 Å². The van der Waals surface area contributed by atoms with Crippen LogP contribution in [0.5, 0.6) is 0 Å². The molecule has 5 heteroatoms. The third kappa shape index (κ3) is 1.90. The topological polar surface area (TPSA) is 61.4 Å². The van der Waals surface area contributed by atoms with Gasteiger partial charge in [-0.3, -0.25) is 9.69 Å². The number of imide groups is 1. The van der Waals surface area contributed by atoms with Gasteiger partial charge in [-0.05, 0) is 45.1 Å². The average Bonchev–Trinajstić information content (AvgIpc) is 3.16. The normalized spacial score (nSPS) is 36.9. The minimum Gasteiger partial charge on any atom is -0.323 e. The number of urea groups is 1. The van der Waals surface area contributed by atoms with Crippen LogP contribution in [0.4, 0.5) is 4.79 Å². The lowest BCUT2D eigenvalue weighted by Gasteiger charge is -2.34. The Hall–Kier alpha value is -1.10. The first-order valence-electron chi connectivity index (χ1n) is 6.96. The van der Waals surface area contributed by atoms with Crippen LogP contribution in [0.25, 0.3) is 0 Å². The highest BCUT2D eigenvalue weighted by molar-refractivity contribution is 6.07. The van der Waals surface area contributed by atoms with Gasteiger partial charge in [-0.15, -0.1) is 0 Å². The molecule has 2 heterocycles. The second-order valence-electron chi connectivity index (χ2n) is 6.03. The van der Waals surface area contributed by atoms with E-state index >= 15 is 0 Å². The zero-order valence-electron chi connectivity index (χ0n) is 10.9. The molecule has 18 heavy (non-hydrogen) atoms. The summed E-state index contributed by atoms with van der Waals surface area (Å²) in [5.74, 6) is 0.742. The Labute approximate surface area is 107 Å². The first-order valence-corrected chi connectivity index (χ1v) is 6.96. The highest BCUT2D eigenvalue weighted by Gasteiger charge is 2.53. The summed E-state index contributed by atoms with van der Waals surface area (Å²) in [6.07, 6.45) is 4.39. The summed E-state index contributed by atoms with van der Waals surface area (Å²) >= 11 is 0. The molecule has 1 saturated carbocycles. The Morgan fingerprint density at radius 3 is 2.72 bits per heavy atom. The van der Waals surface area contributed by atoms with Gasteiger partial charge in [-0.1, -0.05) is 0 Å². The zero-order chi connectivity index (χ0) is 12.8. The van der Waals surface area contributed by atoms with Gasteiger partial charge in [0.15, 0.2) is 0 Å². The minimum atomic E-state index is -0.695. The van der Waals surface area contributed by atoms with Crippen LogP contribution in [0.2, 0.25) is 0 Å². The van der Waals surface area contributed by atoms with E-state index in [4.69, 9.17) is 0 Å². The van der Waals surface area contributed by atoms with Crippen molar-refractivity contribution in [3.8, 4) is 0 Å². The van der Waals surface area contributed by atoms with Crippen molar-refractivity contribution in [2.45, 2.75) is 38.1 Å². The molecular weight excluding hydrogens is 230 g/mol. The summed E-state index contributed by atoms with van der Waals surface area (Å²) in [4.78, 5) is 25.9. The van der Waals surface area contributed by atoms with Gasteiger partial charge in [-0.25, -0.2) is 4.79 Å². The largest absolute Gasteiger partial charge is 0.325 e. The van der Waals surface area contributed by atoms with E-state index in [1.807, 2.05) is 6.92 Å². The minimum absolute atomic E-state index is 0.0203. The molecule has 0 radical (unpaired) electrons. The summed E-state index contributed by atoms with van der Waals surface area (Å²) < 4.78 is 0. The number of carbonyl (C=O) groups excluding carboxylic acids is 2. The number of piperidine rings is 1. The fraction of sp³-hybridized carbons (Fsp3) is 0.846. The number of hydrogen-bond acceptors (Lipinski definition) is 3. The van der Waals surface area contributed by atoms with Crippen LogP contribution in [0, 0.1) is 11.8 Å². The van der Waals surface area contributed by atoms with E-state index in [2.05, 4.69) is 10.6 Å². The first-order chi connectivity index (χ1) is 8.61. The summed E-state index contributed by atoms with van der Waals surface area (Å²) in [7, 11) is 0. The van der Waals surface area contributed by atoms with Crippen molar-refractivity contribution in [1.29, 1.82) is 0 Å². The Morgan fingerprint density at radius 2 is 2.11 bits per heavy atom. The Morgan fingerprint density at radius 1 is 1.33 bits per heavy atom. The predicted molar refractivity (Wildman–Crippen MR) is 67.0 cm³/mol. The predicted octanol–water partition coefficient (Wildman–Crippen LogP) is 0.706. The average molecular weight is 251 g/mol. The maximum atomic E-state index is 12.5. The standard InChI is InChI=1S/C13H21N3O2/c1-13(10-3-2-6-14-7-10)11(17)16(12(18)15-13)8-9-4-5-9/h9-10,14H,2-8H2,1H3,(H,15,18). The van der Waals surface area contributed by atoms with E-state index in [1.54, 1.807) is 0 Å². The third-order valence-corrected chi connectivity index (χ3v) is 4.55. The lowest BCUT2D eigenvalue weighted by molar-refractivity contribution is -0.133. The first kappa shape index (κ1) is 12.0. The zero-order valence-corrected chi connectivity index (χ0v) is 10.9. The molecule has 0 aromatic rings.